The van der Waals surface area contributed by atoms with Crippen molar-refractivity contribution in [3.63, 3.8) is 0 Å². The molecule has 0 aliphatic carbocycles. The van der Waals surface area contributed by atoms with E-state index in [0.29, 0.717) is 18.1 Å². The predicted molar refractivity (Wildman–Crippen MR) is 94.0 cm³/mol. The lowest BCUT2D eigenvalue weighted by molar-refractivity contribution is 0.114. The van der Waals surface area contributed by atoms with Gasteiger partial charge >= 0.3 is 6.03 Å². The van der Waals surface area contributed by atoms with Crippen LogP contribution in [0.1, 0.15) is 50.5 Å². The quantitative estimate of drug-likeness (QED) is 0.681. The number of hydrogen-bond donors (Lipinski definition) is 3. The van der Waals surface area contributed by atoms with E-state index in [1.165, 1.54) is 0 Å². The summed E-state index contributed by atoms with van der Waals surface area (Å²) in [5.41, 5.74) is 1.08. The highest BCUT2D eigenvalue weighted by atomic mass is 16.5. The van der Waals surface area contributed by atoms with Gasteiger partial charge in [-0.1, -0.05) is 55.8 Å². The molecule has 1 aromatic carbocycles. The Morgan fingerprint density at radius 3 is 2.68 bits per heavy atom. The summed E-state index contributed by atoms with van der Waals surface area (Å²) in [7, 11) is 0. The predicted octanol–water partition coefficient (Wildman–Crippen LogP) is 2.43. The first kappa shape index (κ1) is 18.9. The van der Waals surface area contributed by atoms with Crippen LogP contribution in [0.3, 0.4) is 0 Å². The zero-order valence-corrected chi connectivity index (χ0v) is 14.9. The Balaban J connectivity index is 1.82. The number of benzene rings is 1. The van der Waals surface area contributed by atoms with Crippen molar-refractivity contribution in [3.05, 3.63) is 47.6 Å². The Bertz CT molecular complexity index is 659. The molecule has 0 aliphatic rings. The second-order valence-corrected chi connectivity index (χ2v) is 6.24. The molecule has 1 heterocycles. The summed E-state index contributed by atoms with van der Waals surface area (Å²) >= 11 is 0. The normalized spacial score (nSPS) is 14.6. The lowest BCUT2D eigenvalue weighted by Gasteiger charge is -2.18. The minimum absolute atomic E-state index is 0.135. The third kappa shape index (κ3) is 5.86. The number of carbonyl (C=O) groups is 1. The van der Waals surface area contributed by atoms with Gasteiger partial charge in [0.25, 0.3) is 0 Å². The molecule has 1 aromatic heterocycles. The van der Waals surface area contributed by atoms with E-state index in [1.54, 1.807) is 6.92 Å². The van der Waals surface area contributed by atoms with Crippen LogP contribution in [0.25, 0.3) is 0 Å². The molecule has 0 fully saturated rings. The van der Waals surface area contributed by atoms with E-state index in [4.69, 9.17) is 4.52 Å². The first-order valence-corrected chi connectivity index (χ1v) is 8.58. The molecule has 7 nitrogen and oxygen atoms in total. The average molecular weight is 346 g/mol. The Morgan fingerprint density at radius 2 is 2.00 bits per heavy atom. The van der Waals surface area contributed by atoms with E-state index in [9.17, 15) is 9.90 Å². The Hall–Kier alpha value is -2.41. The lowest BCUT2D eigenvalue weighted by Crippen LogP contribution is -2.42. The van der Waals surface area contributed by atoms with Crippen molar-refractivity contribution in [2.24, 2.45) is 5.92 Å². The summed E-state index contributed by atoms with van der Waals surface area (Å²) in [6.07, 6.45) is 0.843. The third-order valence-corrected chi connectivity index (χ3v) is 4.19. The summed E-state index contributed by atoms with van der Waals surface area (Å²) in [6.45, 7) is 5.93. The molecule has 2 aromatic rings. The maximum atomic E-state index is 11.9. The van der Waals surface area contributed by atoms with Crippen molar-refractivity contribution in [2.45, 2.75) is 45.8 Å². The van der Waals surface area contributed by atoms with Crippen LogP contribution in [0.2, 0.25) is 0 Å². The van der Waals surface area contributed by atoms with Crippen LogP contribution in [0.4, 0.5) is 4.79 Å². The van der Waals surface area contributed by atoms with Crippen molar-refractivity contribution >= 4 is 6.03 Å². The summed E-state index contributed by atoms with van der Waals surface area (Å²) in [4.78, 5) is 16.2. The van der Waals surface area contributed by atoms with Gasteiger partial charge in [-0.25, -0.2) is 4.79 Å². The lowest BCUT2D eigenvalue weighted by atomic mass is 10.0. The largest absolute Gasteiger partial charge is 0.391 e. The topological polar surface area (TPSA) is 100 Å². The first-order valence-electron chi connectivity index (χ1n) is 8.58. The van der Waals surface area contributed by atoms with Crippen molar-refractivity contribution in [3.8, 4) is 0 Å². The molecule has 3 atom stereocenters. The summed E-state index contributed by atoms with van der Waals surface area (Å²) in [5, 5.41) is 19.2. The van der Waals surface area contributed by atoms with Gasteiger partial charge in [0.15, 0.2) is 5.82 Å². The monoisotopic (exact) mass is 346 g/mol. The van der Waals surface area contributed by atoms with Gasteiger partial charge in [-0.15, -0.1) is 0 Å². The summed E-state index contributed by atoms with van der Waals surface area (Å²) in [6, 6.07) is 9.07. The van der Waals surface area contributed by atoms with E-state index >= 15 is 0 Å². The first-order chi connectivity index (χ1) is 12.0. The molecule has 0 spiro atoms. The number of aliphatic hydroxyl groups is 1. The fourth-order valence-electron chi connectivity index (χ4n) is 2.27. The summed E-state index contributed by atoms with van der Waals surface area (Å²) in [5.74, 6) is 1.06. The standard InChI is InChI=1S/C18H26N4O3/c1-4-12(2)15(23)11-19-18(24)20-13(3)17-21-16(25-22-17)10-14-8-6-5-7-9-14/h5-9,12-13,15,23H,4,10-11H2,1-3H3,(H2,19,20,24). The van der Waals surface area contributed by atoms with Crippen LogP contribution in [0.5, 0.6) is 0 Å². The van der Waals surface area contributed by atoms with Crippen LogP contribution in [-0.4, -0.2) is 33.9 Å². The van der Waals surface area contributed by atoms with Crippen molar-refractivity contribution < 1.29 is 14.4 Å². The minimum Gasteiger partial charge on any atom is -0.391 e. The number of amides is 2. The number of aromatic nitrogens is 2. The molecular weight excluding hydrogens is 320 g/mol. The molecule has 3 unspecified atom stereocenters. The fraction of sp³-hybridized carbons (Fsp3) is 0.500. The number of nitrogens with zero attached hydrogens (tertiary/aromatic N) is 2. The van der Waals surface area contributed by atoms with Gasteiger partial charge in [0.05, 0.1) is 18.6 Å². The molecule has 2 rings (SSSR count). The highest BCUT2D eigenvalue weighted by molar-refractivity contribution is 5.74. The van der Waals surface area contributed by atoms with Crippen LogP contribution >= 0.6 is 0 Å². The van der Waals surface area contributed by atoms with Gasteiger partial charge in [0.2, 0.25) is 5.89 Å². The molecule has 136 valence electrons. The number of urea groups is 1. The molecule has 2 amide bonds. The van der Waals surface area contributed by atoms with Gasteiger partial charge in [0.1, 0.15) is 0 Å². The second kappa shape index (κ2) is 9.17. The Morgan fingerprint density at radius 1 is 1.28 bits per heavy atom. The Kier molecular flexibility index (Phi) is 6.94. The van der Waals surface area contributed by atoms with Crippen LogP contribution < -0.4 is 10.6 Å². The molecule has 0 bridgehead atoms. The maximum absolute atomic E-state index is 11.9. The molecule has 7 heteroatoms. The van der Waals surface area contributed by atoms with Gasteiger partial charge in [-0.2, -0.15) is 4.98 Å². The molecule has 0 saturated heterocycles. The minimum atomic E-state index is -0.561. The zero-order valence-electron chi connectivity index (χ0n) is 14.9. The van der Waals surface area contributed by atoms with Crippen LogP contribution in [0, 0.1) is 5.92 Å². The third-order valence-electron chi connectivity index (χ3n) is 4.19. The van der Waals surface area contributed by atoms with Crippen molar-refractivity contribution in [1.29, 1.82) is 0 Å². The van der Waals surface area contributed by atoms with Gasteiger partial charge in [-0.3, -0.25) is 0 Å². The molecule has 0 radical (unpaired) electrons. The molecule has 0 aliphatic heterocycles. The highest BCUT2D eigenvalue weighted by Crippen LogP contribution is 2.12. The van der Waals surface area contributed by atoms with Gasteiger partial charge in [-0.05, 0) is 18.4 Å². The number of hydrogen-bond acceptors (Lipinski definition) is 5. The van der Waals surface area contributed by atoms with E-state index < -0.39 is 12.1 Å². The van der Waals surface area contributed by atoms with Gasteiger partial charge in [0, 0.05) is 6.54 Å². The molecule has 0 saturated carbocycles. The fourth-order valence-corrected chi connectivity index (χ4v) is 2.27. The van der Waals surface area contributed by atoms with Crippen LogP contribution in [-0.2, 0) is 6.42 Å². The smallest absolute Gasteiger partial charge is 0.315 e. The number of carbonyl (C=O) groups excluding carboxylic acids is 1. The van der Waals surface area contributed by atoms with Crippen molar-refractivity contribution in [1.82, 2.24) is 20.8 Å². The molecule has 25 heavy (non-hydrogen) atoms. The van der Waals surface area contributed by atoms with E-state index in [0.717, 1.165) is 12.0 Å². The average Bonchev–Trinajstić information content (AvgIpc) is 3.08. The molecule has 3 N–H and O–H groups in total. The number of aliphatic hydroxyl groups excluding tert-OH is 1. The highest BCUT2D eigenvalue weighted by Gasteiger charge is 2.18. The Labute approximate surface area is 147 Å². The maximum Gasteiger partial charge on any atom is 0.315 e. The zero-order chi connectivity index (χ0) is 18.2. The summed E-state index contributed by atoms with van der Waals surface area (Å²) < 4.78 is 5.24. The molecular formula is C18H26N4O3. The number of rotatable bonds is 8. The SMILES string of the molecule is CCC(C)C(O)CNC(=O)NC(C)c1noc(Cc2ccccc2)n1. The van der Waals surface area contributed by atoms with Gasteiger partial charge < -0.3 is 20.3 Å². The van der Waals surface area contributed by atoms with Crippen molar-refractivity contribution in [2.75, 3.05) is 6.54 Å². The second-order valence-electron chi connectivity index (χ2n) is 6.24. The van der Waals surface area contributed by atoms with E-state index in [1.807, 2.05) is 44.2 Å². The van der Waals surface area contributed by atoms with E-state index in [2.05, 4.69) is 20.8 Å². The van der Waals surface area contributed by atoms with Crippen LogP contribution in [0.15, 0.2) is 34.9 Å². The van der Waals surface area contributed by atoms with E-state index in [-0.39, 0.29) is 18.5 Å². The number of nitrogens with one attached hydrogen (secondary N) is 2.